The zero-order valence-corrected chi connectivity index (χ0v) is 10.2. The standard InChI is InChI=1S/C13H17N3O/c1-3-17-9-10(2)15-13-8-14-11-6-4-5-7-12(11)16-13/h4-8,10H,3,9H2,1-2H3,(H,15,16). The summed E-state index contributed by atoms with van der Waals surface area (Å²) in [6, 6.07) is 8.06. The maximum Gasteiger partial charge on any atom is 0.145 e. The van der Waals surface area contributed by atoms with Crippen LogP contribution in [0.1, 0.15) is 13.8 Å². The predicted molar refractivity (Wildman–Crippen MR) is 69.1 cm³/mol. The fourth-order valence-corrected chi connectivity index (χ4v) is 1.62. The molecule has 0 fully saturated rings. The minimum absolute atomic E-state index is 0.227. The van der Waals surface area contributed by atoms with Gasteiger partial charge in [0.25, 0.3) is 0 Å². The zero-order valence-electron chi connectivity index (χ0n) is 10.2. The molecule has 0 aliphatic rings. The van der Waals surface area contributed by atoms with Gasteiger partial charge in [-0.15, -0.1) is 0 Å². The third-order valence-electron chi connectivity index (χ3n) is 2.41. The quantitative estimate of drug-likeness (QED) is 0.858. The lowest BCUT2D eigenvalue weighted by molar-refractivity contribution is 0.141. The van der Waals surface area contributed by atoms with Crippen molar-refractivity contribution in [2.45, 2.75) is 19.9 Å². The van der Waals surface area contributed by atoms with Crippen molar-refractivity contribution < 1.29 is 4.74 Å². The average molecular weight is 231 g/mol. The summed E-state index contributed by atoms with van der Waals surface area (Å²) >= 11 is 0. The van der Waals surface area contributed by atoms with Crippen LogP contribution in [-0.4, -0.2) is 29.2 Å². The number of nitrogens with zero attached hydrogens (tertiary/aromatic N) is 2. The maximum absolute atomic E-state index is 5.34. The highest BCUT2D eigenvalue weighted by Gasteiger charge is 2.04. The molecule has 2 aromatic rings. The molecule has 0 radical (unpaired) electrons. The molecule has 90 valence electrons. The van der Waals surface area contributed by atoms with E-state index in [0.717, 1.165) is 23.5 Å². The van der Waals surface area contributed by atoms with Gasteiger partial charge in [0.15, 0.2) is 0 Å². The maximum atomic E-state index is 5.34. The Morgan fingerprint density at radius 3 is 2.82 bits per heavy atom. The highest BCUT2D eigenvalue weighted by molar-refractivity contribution is 5.75. The first kappa shape index (κ1) is 11.8. The van der Waals surface area contributed by atoms with Gasteiger partial charge in [0.05, 0.1) is 23.8 Å². The first-order valence-electron chi connectivity index (χ1n) is 5.85. The molecule has 0 amide bonds. The third kappa shape index (κ3) is 3.14. The molecule has 0 bridgehead atoms. The van der Waals surface area contributed by atoms with E-state index >= 15 is 0 Å². The number of benzene rings is 1. The van der Waals surface area contributed by atoms with Gasteiger partial charge in [0.1, 0.15) is 5.82 Å². The molecule has 1 unspecified atom stereocenters. The van der Waals surface area contributed by atoms with E-state index in [1.807, 2.05) is 31.2 Å². The summed E-state index contributed by atoms with van der Waals surface area (Å²) in [6.45, 7) is 5.45. The van der Waals surface area contributed by atoms with Crippen LogP contribution in [0.4, 0.5) is 5.82 Å². The lowest BCUT2D eigenvalue weighted by Gasteiger charge is -2.14. The summed E-state index contributed by atoms with van der Waals surface area (Å²) in [7, 11) is 0. The number of aromatic nitrogens is 2. The van der Waals surface area contributed by atoms with E-state index in [1.165, 1.54) is 0 Å². The first-order valence-corrected chi connectivity index (χ1v) is 5.85. The molecule has 0 aliphatic carbocycles. The molecule has 1 aromatic heterocycles. The van der Waals surface area contributed by atoms with Crippen LogP contribution in [0.25, 0.3) is 11.0 Å². The molecule has 1 N–H and O–H groups in total. The second-order valence-electron chi connectivity index (χ2n) is 3.95. The molecule has 4 heteroatoms. The Labute approximate surface area is 101 Å². The van der Waals surface area contributed by atoms with Crippen molar-refractivity contribution in [2.75, 3.05) is 18.5 Å². The predicted octanol–water partition coefficient (Wildman–Crippen LogP) is 2.47. The molecular weight excluding hydrogens is 214 g/mol. The monoisotopic (exact) mass is 231 g/mol. The Bertz CT molecular complexity index is 487. The van der Waals surface area contributed by atoms with Crippen LogP contribution in [0.15, 0.2) is 30.5 Å². The van der Waals surface area contributed by atoms with Crippen molar-refractivity contribution in [2.24, 2.45) is 0 Å². The SMILES string of the molecule is CCOCC(C)Nc1cnc2ccccc2n1. The van der Waals surface area contributed by atoms with Gasteiger partial charge in [-0.05, 0) is 26.0 Å². The lowest BCUT2D eigenvalue weighted by Crippen LogP contribution is -2.22. The van der Waals surface area contributed by atoms with Crippen molar-refractivity contribution in [3.63, 3.8) is 0 Å². The van der Waals surface area contributed by atoms with Crippen LogP contribution in [-0.2, 0) is 4.74 Å². The van der Waals surface area contributed by atoms with E-state index in [1.54, 1.807) is 6.20 Å². The molecule has 2 rings (SSSR count). The van der Waals surface area contributed by atoms with E-state index in [-0.39, 0.29) is 6.04 Å². The van der Waals surface area contributed by atoms with Crippen molar-refractivity contribution in [1.82, 2.24) is 9.97 Å². The summed E-state index contributed by atoms with van der Waals surface area (Å²) in [5.74, 6) is 0.788. The normalized spacial score (nSPS) is 12.6. The number of hydrogen-bond donors (Lipinski definition) is 1. The van der Waals surface area contributed by atoms with Gasteiger partial charge in [-0.2, -0.15) is 0 Å². The minimum Gasteiger partial charge on any atom is -0.380 e. The lowest BCUT2D eigenvalue weighted by atomic mass is 10.3. The highest BCUT2D eigenvalue weighted by Crippen LogP contribution is 2.11. The van der Waals surface area contributed by atoms with Crippen LogP contribution < -0.4 is 5.32 Å². The van der Waals surface area contributed by atoms with Crippen molar-refractivity contribution in [3.8, 4) is 0 Å². The Morgan fingerprint density at radius 2 is 2.06 bits per heavy atom. The molecule has 1 heterocycles. The van der Waals surface area contributed by atoms with Crippen LogP contribution >= 0.6 is 0 Å². The van der Waals surface area contributed by atoms with E-state index in [9.17, 15) is 0 Å². The average Bonchev–Trinajstić information content (AvgIpc) is 2.36. The Morgan fingerprint density at radius 1 is 1.29 bits per heavy atom. The van der Waals surface area contributed by atoms with Crippen molar-refractivity contribution >= 4 is 16.9 Å². The van der Waals surface area contributed by atoms with Gasteiger partial charge in [0, 0.05) is 12.6 Å². The van der Waals surface area contributed by atoms with E-state index in [0.29, 0.717) is 6.61 Å². The van der Waals surface area contributed by atoms with Gasteiger partial charge in [0.2, 0.25) is 0 Å². The molecule has 1 atom stereocenters. The molecule has 4 nitrogen and oxygen atoms in total. The third-order valence-corrected chi connectivity index (χ3v) is 2.41. The Kier molecular flexibility index (Phi) is 3.88. The zero-order chi connectivity index (χ0) is 12.1. The molecule has 0 aliphatic heterocycles. The van der Waals surface area contributed by atoms with Crippen LogP contribution in [0.2, 0.25) is 0 Å². The van der Waals surface area contributed by atoms with Crippen molar-refractivity contribution in [1.29, 1.82) is 0 Å². The second kappa shape index (κ2) is 5.59. The van der Waals surface area contributed by atoms with Gasteiger partial charge in [-0.1, -0.05) is 12.1 Å². The fourth-order valence-electron chi connectivity index (χ4n) is 1.62. The van der Waals surface area contributed by atoms with Gasteiger partial charge < -0.3 is 10.1 Å². The highest BCUT2D eigenvalue weighted by atomic mass is 16.5. The van der Waals surface area contributed by atoms with E-state index in [2.05, 4.69) is 22.2 Å². The van der Waals surface area contributed by atoms with Crippen molar-refractivity contribution in [3.05, 3.63) is 30.5 Å². The number of para-hydroxylation sites is 2. The summed E-state index contributed by atoms with van der Waals surface area (Å²) in [4.78, 5) is 8.84. The molecule has 1 aromatic carbocycles. The van der Waals surface area contributed by atoms with Gasteiger partial charge in [-0.3, -0.25) is 4.98 Å². The Hall–Kier alpha value is -1.68. The smallest absolute Gasteiger partial charge is 0.145 e. The molecule has 0 saturated carbocycles. The number of anilines is 1. The number of hydrogen-bond acceptors (Lipinski definition) is 4. The largest absolute Gasteiger partial charge is 0.380 e. The fraction of sp³-hybridized carbons (Fsp3) is 0.385. The second-order valence-corrected chi connectivity index (χ2v) is 3.95. The molecular formula is C13H17N3O. The number of ether oxygens (including phenoxy) is 1. The number of rotatable bonds is 5. The first-order chi connectivity index (χ1) is 8.29. The van der Waals surface area contributed by atoms with E-state index in [4.69, 9.17) is 4.74 Å². The summed E-state index contributed by atoms with van der Waals surface area (Å²) in [5.41, 5.74) is 1.82. The molecule has 17 heavy (non-hydrogen) atoms. The number of fused-ring (bicyclic) bond motifs is 1. The van der Waals surface area contributed by atoms with Crippen LogP contribution in [0, 0.1) is 0 Å². The van der Waals surface area contributed by atoms with Gasteiger partial charge >= 0.3 is 0 Å². The summed E-state index contributed by atoms with van der Waals surface area (Å²) < 4.78 is 5.34. The van der Waals surface area contributed by atoms with E-state index < -0.39 is 0 Å². The van der Waals surface area contributed by atoms with Crippen LogP contribution in [0.5, 0.6) is 0 Å². The topological polar surface area (TPSA) is 47.0 Å². The van der Waals surface area contributed by atoms with Crippen LogP contribution in [0.3, 0.4) is 0 Å². The summed E-state index contributed by atoms with van der Waals surface area (Å²) in [6.07, 6.45) is 1.75. The summed E-state index contributed by atoms with van der Waals surface area (Å²) in [5, 5.41) is 3.27. The minimum atomic E-state index is 0.227. The number of nitrogens with one attached hydrogen (secondary N) is 1. The van der Waals surface area contributed by atoms with Gasteiger partial charge in [-0.25, -0.2) is 4.98 Å². The molecule has 0 spiro atoms. The Balaban J connectivity index is 2.08. The molecule has 0 saturated heterocycles.